The Balaban J connectivity index is 2.28. The smallest absolute Gasteiger partial charge is 0.243 e. The minimum Gasteiger partial charge on any atom is -0.350 e. The van der Waals surface area contributed by atoms with Crippen LogP contribution in [0.2, 0.25) is 5.02 Å². The topological polar surface area (TPSA) is 86.8 Å². The molecule has 0 radical (unpaired) electrons. The summed E-state index contributed by atoms with van der Waals surface area (Å²) < 4.78 is 26.8. The molecule has 2 rings (SSSR count). The van der Waals surface area contributed by atoms with Gasteiger partial charge in [-0.1, -0.05) is 41.4 Å². The van der Waals surface area contributed by atoms with Gasteiger partial charge in [0.2, 0.25) is 21.8 Å². The number of amides is 2. The van der Waals surface area contributed by atoms with Crippen LogP contribution in [0.5, 0.6) is 0 Å². The Morgan fingerprint density at radius 2 is 1.58 bits per heavy atom. The molecule has 0 saturated carbocycles. The Morgan fingerprint density at radius 3 is 2.09 bits per heavy atom. The number of hydrogen-bond donors (Lipinski definition) is 1. The van der Waals surface area contributed by atoms with Crippen LogP contribution in [0.3, 0.4) is 0 Å². The van der Waals surface area contributed by atoms with E-state index in [2.05, 4.69) is 5.32 Å². The van der Waals surface area contributed by atoms with Crippen molar-refractivity contribution in [3.63, 3.8) is 0 Å². The fourth-order valence-corrected chi connectivity index (χ4v) is 4.35. The SMILES string of the molecule is Cc1ccc(CN(C(=O)CN(C)S(=O)(=O)c2ccc(Cl)cc2)[C@@H](C)C(=O)NC(C)(C)C)cc1. The summed E-state index contributed by atoms with van der Waals surface area (Å²) >= 11 is 5.86. The fraction of sp³-hybridized carbons (Fsp3) is 0.417. The van der Waals surface area contributed by atoms with Gasteiger partial charge in [-0.05, 0) is 64.4 Å². The molecular weight excluding hydrogens is 462 g/mol. The van der Waals surface area contributed by atoms with E-state index in [1.807, 2.05) is 52.0 Å². The second kappa shape index (κ2) is 10.7. The molecule has 0 aliphatic heterocycles. The van der Waals surface area contributed by atoms with Crippen molar-refractivity contribution in [3.05, 3.63) is 64.7 Å². The third kappa shape index (κ3) is 7.55. The molecule has 2 aromatic rings. The molecule has 2 amide bonds. The Labute approximate surface area is 201 Å². The summed E-state index contributed by atoms with van der Waals surface area (Å²) in [6, 6.07) is 12.6. The van der Waals surface area contributed by atoms with Gasteiger partial charge in [0.1, 0.15) is 6.04 Å². The molecule has 9 heteroatoms. The number of carbonyl (C=O) groups is 2. The maximum absolute atomic E-state index is 13.3. The molecule has 0 aliphatic rings. The molecule has 1 N–H and O–H groups in total. The van der Waals surface area contributed by atoms with Gasteiger partial charge in [0, 0.05) is 24.2 Å². The molecule has 0 bridgehead atoms. The van der Waals surface area contributed by atoms with E-state index in [-0.39, 0.29) is 17.3 Å². The van der Waals surface area contributed by atoms with Gasteiger partial charge >= 0.3 is 0 Å². The van der Waals surface area contributed by atoms with Crippen LogP contribution in [-0.4, -0.2) is 54.6 Å². The van der Waals surface area contributed by atoms with Gasteiger partial charge in [-0.15, -0.1) is 0 Å². The van der Waals surface area contributed by atoms with Crippen molar-refractivity contribution < 1.29 is 18.0 Å². The van der Waals surface area contributed by atoms with Crippen LogP contribution in [0.4, 0.5) is 0 Å². The van der Waals surface area contributed by atoms with Gasteiger partial charge in [-0.25, -0.2) is 8.42 Å². The third-order valence-electron chi connectivity index (χ3n) is 5.02. The fourth-order valence-electron chi connectivity index (χ4n) is 3.10. The van der Waals surface area contributed by atoms with Crippen molar-refractivity contribution in [2.24, 2.45) is 0 Å². The van der Waals surface area contributed by atoms with Gasteiger partial charge in [-0.3, -0.25) is 9.59 Å². The molecule has 0 heterocycles. The molecule has 0 unspecified atom stereocenters. The van der Waals surface area contributed by atoms with E-state index < -0.39 is 34.1 Å². The molecule has 180 valence electrons. The molecule has 1 atom stereocenters. The van der Waals surface area contributed by atoms with E-state index >= 15 is 0 Å². The van der Waals surface area contributed by atoms with Crippen LogP contribution in [0.1, 0.15) is 38.8 Å². The van der Waals surface area contributed by atoms with Crippen molar-refractivity contribution in [1.29, 1.82) is 0 Å². The third-order valence-corrected chi connectivity index (χ3v) is 7.09. The summed E-state index contributed by atoms with van der Waals surface area (Å²) in [5.41, 5.74) is 1.44. The number of aryl methyl sites for hydroxylation is 1. The normalized spacial score (nSPS) is 13.0. The zero-order valence-electron chi connectivity index (χ0n) is 19.9. The Bertz CT molecular complexity index is 1080. The first-order valence-electron chi connectivity index (χ1n) is 10.6. The maximum Gasteiger partial charge on any atom is 0.243 e. The average Bonchev–Trinajstić information content (AvgIpc) is 2.71. The first-order chi connectivity index (χ1) is 15.2. The minimum atomic E-state index is -3.91. The summed E-state index contributed by atoms with van der Waals surface area (Å²) in [5, 5.41) is 3.30. The van der Waals surface area contributed by atoms with E-state index in [1.165, 1.54) is 36.2 Å². The van der Waals surface area contributed by atoms with Crippen LogP contribution in [0, 0.1) is 6.92 Å². The molecule has 0 aromatic heterocycles. The van der Waals surface area contributed by atoms with Gasteiger partial charge in [0.05, 0.1) is 11.4 Å². The summed E-state index contributed by atoms with van der Waals surface area (Å²) in [5.74, 6) is -0.793. The largest absolute Gasteiger partial charge is 0.350 e. The number of nitrogens with one attached hydrogen (secondary N) is 1. The quantitative estimate of drug-likeness (QED) is 0.608. The van der Waals surface area contributed by atoms with Crippen LogP contribution in [0.25, 0.3) is 0 Å². The van der Waals surface area contributed by atoms with E-state index in [4.69, 9.17) is 11.6 Å². The van der Waals surface area contributed by atoms with Crippen LogP contribution in [-0.2, 0) is 26.2 Å². The minimum absolute atomic E-state index is 0.0332. The van der Waals surface area contributed by atoms with Gasteiger partial charge in [-0.2, -0.15) is 4.31 Å². The number of likely N-dealkylation sites (N-methyl/N-ethyl adjacent to an activating group) is 1. The molecule has 7 nitrogen and oxygen atoms in total. The lowest BCUT2D eigenvalue weighted by Crippen LogP contribution is -2.54. The highest BCUT2D eigenvalue weighted by atomic mass is 35.5. The number of benzene rings is 2. The van der Waals surface area contributed by atoms with E-state index in [9.17, 15) is 18.0 Å². The van der Waals surface area contributed by atoms with Crippen LogP contribution in [0.15, 0.2) is 53.4 Å². The lowest BCUT2D eigenvalue weighted by atomic mass is 10.1. The van der Waals surface area contributed by atoms with E-state index in [0.29, 0.717) is 5.02 Å². The van der Waals surface area contributed by atoms with Crippen molar-refractivity contribution in [3.8, 4) is 0 Å². The van der Waals surface area contributed by atoms with Gasteiger partial charge in [0.25, 0.3) is 0 Å². The molecule has 33 heavy (non-hydrogen) atoms. The number of sulfonamides is 1. The molecule has 0 spiro atoms. The van der Waals surface area contributed by atoms with Gasteiger partial charge in [0.15, 0.2) is 0 Å². The summed E-state index contributed by atoms with van der Waals surface area (Å²) in [6.07, 6.45) is 0. The molecule has 0 aliphatic carbocycles. The van der Waals surface area contributed by atoms with E-state index in [1.54, 1.807) is 6.92 Å². The number of nitrogens with zero attached hydrogens (tertiary/aromatic N) is 2. The summed E-state index contributed by atoms with van der Waals surface area (Å²) in [4.78, 5) is 27.6. The standard InChI is InChI=1S/C24H32ClN3O4S/c1-17-7-9-19(10-8-17)15-28(18(2)23(30)26-24(3,4)5)22(29)16-27(6)33(31,32)21-13-11-20(25)12-14-21/h7-14,18H,15-16H2,1-6H3,(H,26,30)/t18-/m0/s1. The molecule has 2 aromatic carbocycles. The van der Waals surface area contributed by atoms with E-state index in [0.717, 1.165) is 15.4 Å². The summed E-state index contributed by atoms with van der Waals surface area (Å²) in [7, 11) is -2.57. The summed E-state index contributed by atoms with van der Waals surface area (Å²) in [6.45, 7) is 8.93. The number of halogens is 1. The van der Waals surface area contributed by atoms with Crippen LogP contribution >= 0.6 is 11.6 Å². The van der Waals surface area contributed by atoms with Gasteiger partial charge < -0.3 is 10.2 Å². The second-order valence-electron chi connectivity index (χ2n) is 9.14. The highest BCUT2D eigenvalue weighted by Gasteiger charge is 2.31. The predicted molar refractivity (Wildman–Crippen MR) is 130 cm³/mol. The maximum atomic E-state index is 13.3. The average molecular weight is 494 g/mol. The molecule has 0 saturated heterocycles. The Kier molecular flexibility index (Phi) is 8.68. The first-order valence-corrected chi connectivity index (χ1v) is 12.4. The number of hydrogen-bond acceptors (Lipinski definition) is 4. The zero-order chi connectivity index (χ0) is 25.0. The highest BCUT2D eigenvalue weighted by Crippen LogP contribution is 2.19. The van der Waals surface area contributed by atoms with Crippen LogP contribution < -0.4 is 5.32 Å². The van der Waals surface area contributed by atoms with Crippen molar-refractivity contribution in [2.75, 3.05) is 13.6 Å². The second-order valence-corrected chi connectivity index (χ2v) is 11.6. The monoisotopic (exact) mass is 493 g/mol. The number of carbonyl (C=O) groups excluding carboxylic acids is 2. The van der Waals surface area contributed by atoms with Crippen molar-refractivity contribution in [2.45, 2.75) is 57.6 Å². The number of rotatable bonds is 8. The lowest BCUT2D eigenvalue weighted by molar-refractivity contribution is -0.141. The zero-order valence-corrected chi connectivity index (χ0v) is 21.5. The Morgan fingerprint density at radius 1 is 1.03 bits per heavy atom. The lowest BCUT2D eigenvalue weighted by Gasteiger charge is -2.32. The van der Waals surface area contributed by atoms with Crippen molar-refractivity contribution in [1.82, 2.24) is 14.5 Å². The molecular formula is C24H32ClN3O4S. The highest BCUT2D eigenvalue weighted by molar-refractivity contribution is 7.89. The van der Waals surface area contributed by atoms with Crippen molar-refractivity contribution >= 4 is 33.4 Å². The Hall–Kier alpha value is -2.42. The first kappa shape index (κ1) is 26.8. The predicted octanol–water partition coefficient (Wildman–Crippen LogP) is 3.60. The molecule has 0 fully saturated rings.